The quantitative estimate of drug-likeness (QED) is 0.435. The van der Waals surface area contributed by atoms with Crippen molar-refractivity contribution < 1.29 is 4.79 Å². The third kappa shape index (κ3) is 3.99. The van der Waals surface area contributed by atoms with Gasteiger partial charge in [0.05, 0.1) is 11.4 Å². The number of hydrogen-bond donors (Lipinski definition) is 1. The van der Waals surface area contributed by atoms with Crippen LogP contribution in [0.25, 0.3) is 33.6 Å². The van der Waals surface area contributed by atoms with Crippen molar-refractivity contribution >= 4 is 5.91 Å². The average Bonchev–Trinajstić information content (AvgIpc) is 3.30. The molecule has 0 aliphatic carbocycles. The summed E-state index contributed by atoms with van der Waals surface area (Å²) < 4.78 is 1.55. The first kappa shape index (κ1) is 20.3. The molecule has 1 unspecified atom stereocenters. The molecule has 0 aliphatic heterocycles. The fourth-order valence-corrected chi connectivity index (χ4v) is 3.80. The number of carbonyl (C=O) groups excluding carboxylic acids is 1. The standard InChI is InChI=1S/C26H20N6O/c27-26(33)25(22-14-13-20(17-29-22)18-8-3-1-4-9-18)32-24(19-10-5-2-6-11-19)23(30-31-32)21-12-7-15-28-16-21/h1-17,25H,(H2,27,33). The lowest BCUT2D eigenvalue weighted by atomic mass is 10.0. The molecule has 7 heteroatoms. The average molecular weight is 432 g/mol. The minimum absolute atomic E-state index is 0.488. The number of nitrogens with zero attached hydrogens (tertiary/aromatic N) is 5. The second-order valence-electron chi connectivity index (χ2n) is 7.48. The van der Waals surface area contributed by atoms with E-state index in [4.69, 9.17) is 5.73 Å². The number of carbonyl (C=O) groups is 1. The summed E-state index contributed by atoms with van der Waals surface area (Å²) in [5, 5.41) is 8.74. The topological polar surface area (TPSA) is 99.6 Å². The van der Waals surface area contributed by atoms with Crippen LogP contribution in [0.4, 0.5) is 0 Å². The fraction of sp³-hybridized carbons (Fsp3) is 0.0385. The molecule has 0 radical (unpaired) electrons. The van der Waals surface area contributed by atoms with Gasteiger partial charge in [0.1, 0.15) is 5.69 Å². The molecule has 0 spiro atoms. The van der Waals surface area contributed by atoms with Crippen LogP contribution in [0.1, 0.15) is 11.7 Å². The van der Waals surface area contributed by atoms with Crippen LogP contribution in [-0.2, 0) is 4.79 Å². The van der Waals surface area contributed by atoms with Crippen LogP contribution in [0, 0.1) is 0 Å². The summed E-state index contributed by atoms with van der Waals surface area (Å²) in [6.45, 7) is 0. The Balaban J connectivity index is 1.63. The molecule has 7 nitrogen and oxygen atoms in total. The SMILES string of the molecule is NC(=O)C(c1ccc(-c2ccccc2)cn1)n1nnc(-c2cccnc2)c1-c1ccccc1. The lowest BCUT2D eigenvalue weighted by molar-refractivity contribution is -0.120. The Labute approximate surface area is 190 Å². The van der Waals surface area contributed by atoms with E-state index in [1.54, 1.807) is 29.3 Å². The molecule has 1 atom stereocenters. The Morgan fingerprint density at radius 2 is 1.45 bits per heavy atom. The van der Waals surface area contributed by atoms with Crippen LogP contribution in [0.3, 0.4) is 0 Å². The summed E-state index contributed by atoms with van der Waals surface area (Å²) in [7, 11) is 0. The van der Waals surface area contributed by atoms with Crippen molar-refractivity contribution in [2.75, 3.05) is 0 Å². The van der Waals surface area contributed by atoms with E-state index in [0.717, 1.165) is 22.3 Å². The molecule has 0 bridgehead atoms. The van der Waals surface area contributed by atoms with Crippen molar-refractivity contribution in [1.82, 2.24) is 25.0 Å². The molecule has 0 aliphatic rings. The summed E-state index contributed by atoms with van der Waals surface area (Å²) in [5.74, 6) is -0.574. The van der Waals surface area contributed by atoms with E-state index in [1.165, 1.54) is 0 Å². The van der Waals surface area contributed by atoms with Gasteiger partial charge < -0.3 is 5.73 Å². The number of nitrogens with two attached hydrogens (primary N) is 1. The van der Waals surface area contributed by atoms with E-state index >= 15 is 0 Å². The van der Waals surface area contributed by atoms with Gasteiger partial charge in [-0.15, -0.1) is 5.10 Å². The molecule has 3 heterocycles. The van der Waals surface area contributed by atoms with Gasteiger partial charge in [0.2, 0.25) is 5.91 Å². The summed E-state index contributed by atoms with van der Waals surface area (Å²) in [4.78, 5) is 21.4. The van der Waals surface area contributed by atoms with Crippen molar-refractivity contribution in [3.05, 3.63) is 109 Å². The molecule has 2 aromatic carbocycles. The summed E-state index contributed by atoms with van der Waals surface area (Å²) in [5.41, 5.74) is 11.3. The zero-order chi connectivity index (χ0) is 22.6. The van der Waals surface area contributed by atoms with Crippen molar-refractivity contribution in [3.63, 3.8) is 0 Å². The largest absolute Gasteiger partial charge is 0.367 e. The first-order valence-electron chi connectivity index (χ1n) is 10.4. The second kappa shape index (κ2) is 8.84. The van der Waals surface area contributed by atoms with Gasteiger partial charge in [-0.3, -0.25) is 14.8 Å². The molecule has 33 heavy (non-hydrogen) atoms. The molecule has 0 saturated heterocycles. The first-order chi connectivity index (χ1) is 16.2. The Morgan fingerprint density at radius 1 is 0.758 bits per heavy atom. The Morgan fingerprint density at radius 3 is 2.06 bits per heavy atom. The van der Waals surface area contributed by atoms with Gasteiger partial charge in [-0.2, -0.15) is 0 Å². The van der Waals surface area contributed by atoms with Crippen LogP contribution in [0.2, 0.25) is 0 Å². The molecule has 160 valence electrons. The Hall–Kier alpha value is -4.65. The second-order valence-corrected chi connectivity index (χ2v) is 7.48. The van der Waals surface area contributed by atoms with Gasteiger partial charge in [0.15, 0.2) is 6.04 Å². The predicted octanol–water partition coefficient (Wildman–Crippen LogP) is 4.14. The highest BCUT2D eigenvalue weighted by atomic mass is 16.1. The molecule has 5 aromatic rings. The zero-order valence-corrected chi connectivity index (χ0v) is 17.6. The molecule has 0 saturated carbocycles. The maximum Gasteiger partial charge on any atom is 0.248 e. The molecule has 3 aromatic heterocycles. The van der Waals surface area contributed by atoms with E-state index in [9.17, 15) is 4.79 Å². The highest BCUT2D eigenvalue weighted by Crippen LogP contribution is 2.33. The first-order valence-corrected chi connectivity index (χ1v) is 10.4. The Kier molecular flexibility index (Phi) is 5.43. The fourth-order valence-electron chi connectivity index (χ4n) is 3.80. The van der Waals surface area contributed by atoms with Gasteiger partial charge >= 0.3 is 0 Å². The summed E-state index contributed by atoms with van der Waals surface area (Å²) in [6, 6.07) is 26.1. The highest BCUT2D eigenvalue weighted by Gasteiger charge is 2.28. The number of benzene rings is 2. The van der Waals surface area contributed by atoms with Gasteiger partial charge in [0, 0.05) is 35.3 Å². The van der Waals surface area contributed by atoms with Crippen LogP contribution in [0.15, 0.2) is 104 Å². The van der Waals surface area contributed by atoms with Gasteiger partial charge in [-0.05, 0) is 23.8 Å². The molecule has 1 amide bonds. The normalized spacial score (nSPS) is 11.8. The third-order valence-corrected chi connectivity index (χ3v) is 5.36. The number of pyridine rings is 2. The minimum atomic E-state index is -0.928. The van der Waals surface area contributed by atoms with E-state index < -0.39 is 11.9 Å². The molecule has 2 N–H and O–H groups in total. The smallest absolute Gasteiger partial charge is 0.248 e. The van der Waals surface area contributed by atoms with Crippen molar-refractivity contribution in [2.24, 2.45) is 5.73 Å². The molecule has 5 rings (SSSR count). The van der Waals surface area contributed by atoms with Gasteiger partial charge in [-0.25, -0.2) is 4.68 Å². The summed E-state index contributed by atoms with van der Waals surface area (Å²) in [6.07, 6.45) is 5.15. The summed E-state index contributed by atoms with van der Waals surface area (Å²) >= 11 is 0. The molecular weight excluding hydrogens is 412 g/mol. The molecular formula is C26H20N6O. The highest BCUT2D eigenvalue weighted by molar-refractivity contribution is 5.84. The van der Waals surface area contributed by atoms with Crippen LogP contribution < -0.4 is 5.73 Å². The zero-order valence-electron chi connectivity index (χ0n) is 17.6. The lowest BCUT2D eigenvalue weighted by Crippen LogP contribution is -2.29. The van der Waals surface area contributed by atoms with Crippen LogP contribution in [0.5, 0.6) is 0 Å². The number of hydrogen-bond acceptors (Lipinski definition) is 5. The lowest BCUT2D eigenvalue weighted by Gasteiger charge is -2.17. The third-order valence-electron chi connectivity index (χ3n) is 5.36. The number of primary amides is 1. The van der Waals surface area contributed by atoms with E-state index in [1.807, 2.05) is 78.9 Å². The van der Waals surface area contributed by atoms with Crippen molar-refractivity contribution in [3.8, 4) is 33.6 Å². The number of aromatic nitrogens is 5. The maximum atomic E-state index is 12.7. The van der Waals surface area contributed by atoms with E-state index in [0.29, 0.717) is 17.1 Å². The Bertz CT molecular complexity index is 1370. The predicted molar refractivity (Wildman–Crippen MR) is 126 cm³/mol. The minimum Gasteiger partial charge on any atom is -0.367 e. The van der Waals surface area contributed by atoms with Crippen LogP contribution >= 0.6 is 0 Å². The van der Waals surface area contributed by atoms with Gasteiger partial charge in [0.25, 0.3) is 0 Å². The number of amides is 1. The van der Waals surface area contributed by atoms with Crippen molar-refractivity contribution in [2.45, 2.75) is 6.04 Å². The maximum absolute atomic E-state index is 12.7. The van der Waals surface area contributed by atoms with Crippen LogP contribution in [-0.4, -0.2) is 30.9 Å². The van der Waals surface area contributed by atoms with Crippen molar-refractivity contribution in [1.29, 1.82) is 0 Å². The van der Waals surface area contributed by atoms with E-state index in [-0.39, 0.29) is 0 Å². The monoisotopic (exact) mass is 432 g/mol. The van der Waals surface area contributed by atoms with E-state index in [2.05, 4.69) is 20.3 Å². The molecule has 0 fully saturated rings. The number of rotatable bonds is 6. The van der Waals surface area contributed by atoms with Gasteiger partial charge in [-0.1, -0.05) is 71.9 Å².